The predicted octanol–water partition coefficient (Wildman–Crippen LogP) is 4.55. The summed E-state index contributed by atoms with van der Waals surface area (Å²) in [6.45, 7) is 0. The van der Waals surface area contributed by atoms with Crippen LogP contribution < -0.4 is 5.56 Å². The summed E-state index contributed by atoms with van der Waals surface area (Å²) in [5, 5.41) is 2.12. The molecule has 3 heterocycles. The molecule has 1 aliphatic heterocycles. The van der Waals surface area contributed by atoms with E-state index in [0.717, 1.165) is 32.8 Å². The smallest absolute Gasteiger partial charge is 0.329 e. The van der Waals surface area contributed by atoms with Crippen LogP contribution in [-0.4, -0.2) is 28.4 Å². The molecular formula is C24H18N2O3S. The Morgan fingerprint density at radius 2 is 1.70 bits per heavy atom. The van der Waals surface area contributed by atoms with Gasteiger partial charge in [-0.1, -0.05) is 60.7 Å². The van der Waals surface area contributed by atoms with Gasteiger partial charge in [0.1, 0.15) is 6.04 Å². The van der Waals surface area contributed by atoms with E-state index >= 15 is 0 Å². The third-order valence-corrected chi connectivity index (χ3v) is 6.51. The molecule has 30 heavy (non-hydrogen) atoms. The molecule has 0 unspecified atom stereocenters. The van der Waals surface area contributed by atoms with Gasteiger partial charge >= 0.3 is 5.97 Å². The second kappa shape index (κ2) is 7.46. The van der Waals surface area contributed by atoms with E-state index in [9.17, 15) is 9.59 Å². The van der Waals surface area contributed by atoms with E-state index in [1.807, 2.05) is 66.7 Å². The average Bonchev–Trinajstić information content (AvgIpc) is 3.25. The van der Waals surface area contributed by atoms with Crippen molar-refractivity contribution in [2.45, 2.75) is 11.1 Å². The average molecular weight is 414 g/mol. The number of ether oxygens (including phenoxy) is 1. The molecule has 0 saturated carbocycles. The van der Waals surface area contributed by atoms with E-state index < -0.39 is 12.0 Å². The quantitative estimate of drug-likeness (QED) is 0.460. The normalized spacial score (nSPS) is 15.2. The monoisotopic (exact) mass is 414 g/mol. The van der Waals surface area contributed by atoms with Gasteiger partial charge in [-0.15, -0.1) is 11.8 Å². The maximum Gasteiger partial charge on any atom is 0.329 e. The Kier molecular flexibility index (Phi) is 4.64. The molecule has 0 amide bonds. The second-order valence-electron chi connectivity index (χ2n) is 7.05. The topological polar surface area (TPSA) is 61.2 Å². The van der Waals surface area contributed by atoms with Gasteiger partial charge < -0.3 is 4.74 Å². The number of benzene rings is 2. The molecule has 0 bridgehead atoms. The number of thioether (sulfide) groups is 1. The first-order chi connectivity index (χ1) is 14.7. The number of hydrogen-bond acceptors (Lipinski definition) is 5. The Balaban J connectivity index is 1.86. The fourth-order valence-corrected chi connectivity index (χ4v) is 5.23. The number of nitrogens with zero attached hydrogens (tertiary/aromatic N) is 2. The van der Waals surface area contributed by atoms with Crippen molar-refractivity contribution in [1.82, 2.24) is 9.55 Å². The molecule has 2 aromatic heterocycles. The van der Waals surface area contributed by atoms with E-state index in [1.165, 1.54) is 18.9 Å². The lowest BCUT2D eigenvalue weighted by Gasteiger charge is -2.17. The Morgan fingerprint density at radius 1 is 1.03 bits per heavy atom. The van der Waals surface area contributed by atoms with E-state index in [1.54, 1.807) is 10.8 Å². The number of rotatable bonds is 3. The molecule has 4 aromatic rings. The van der Waals surface area contributed by atoms with Crippen LogP contribution >= 0.6 is 11.8 Å². The number of hydrogen-bond donors (Lipinski definition) is 0. The van der Waals surface area contributed by atoms with Crippen LogP contribution in [0, 0.1) is 0 Å². The molecule has 5 nitrogen and oxygen atoms in total. The summed E-state index contributed by atoms with van der Waals surface area (Å²) < 4.78 is 6.53. The van der Waals surface area contributed by atoms with Crippen molar-refractivity contribution < 1.29 is 9.53 Å². The maximum absolute atomic E-state index is 13.4. The van der Waals surface area contributed by atoms with Crippen molar-refractivity contribution in [3.63, 3.8) is 0 Å². The summed E-state index contributed by atoms with van der Waals surface area (Å²) in [5.41, 5.74) is 3.51. The number of esters is 1. The van der Waals surface area contributed by atoms with Crippen LogP contribution in [0.2, 0.25) is 0 Å². The summed E-state index contributed by atoms with van der Waals surface area (Å²) in [6, 6.07) is 21.2. The van der Waals surface area contributed by atoms with Crippen LogP contribution in [0.15, 0.2) is 82.7 Å². The molecule has 0 N–H and O–H groups in total. The molecule has 1 aliphatic rings. The fraction of sp³-hybridized carbons (Fsp3) is 0.125. The van der Waals surface area contributed by atoms with E-state index in [-0.39, 0.29) is 5.56 Å². The van der Waals surface area contributed by atoms with Crippen molar-refractivity contribution in [3.8, 4) is 22.4 Å². The van der Waals surface area contributed by atoms with Gasteiger partial charge in [0.25, 0.3) is 5.56 Å². The van der Waals surface area contributed by atoms with Gasteiger partial charge in [0.2, 0.25) is 0 Å². The number of carbonyl (C=O) groups excluding carboxylic acids is 1. The van der Waals surface area contributed by atoms with Crippen LogP contribution in [0.1, 0.15) is 6.04 Å². The molecule has 0 spiro atoms. The van der Waals surface area contributed by atoms with Crippen molar-refractivity contribution in [3.05, 3.63) is 83.3 Å². The highest BCUT2D eigenvalue weighted by atomic mass is 32.2. The minimum Gasteiger partial charge on any atom is -0.467 e. The van der Waals surface area contributed by atoms with Crippen LogP contribution in [0.25, 0.3) is 33.2 Å². The third-order valence-electron chi connectivity index (χ3n) is 5.35. The van der Waals surface area contributed by atoms with Crippen molar-refractivity contribution >= 4 is 28.5 Å². The van der Waals surface area contributed by atoms with E-state index in [2.05, 4.69) is 4.98 Å². The zero-order valence-corrected chi connectivity index (χ0v) is 17.1. The Labute approximate surface area is 177 Å². The van der Waals surface area contributed by atoms with Crippen molar-refractivity contribution in [2.24, 2.45) is 0 Å². The first-order valence-corrected chi connectivity index (χ1v) is 10.6. The number of pyridine rings is 2. The molecule has 148 valence electrons. The van der Waals surface area contributed by atoms with Gasteiger partial charge in [0, 0.05) is 28.5 Å². The summed E-state index contributed by atoms with van der Waals surface area (Å²) in [7, 11) is 1.35. The van der Waals surface area contributed by atoms with Gasteiger partial charge in [0.05, 0.1) is 23.2 Å². The molecule has 0 radical (unpaired) electrons. The van der Waals surface area contributed by atoms with E-state index in [0.29, 0.717) is 11.1 Å². The second-order valence-corrected chi connectivity index (χ2v) is 8.06. The summed E-state index contributed by atoms with van der Waals surface area (Å²) >= 11 is 1.51. The summed E-state index contributed by atoms with van der Waals surface area (Å²) in [6.07, 6.45) is 1.62. The molecular weight excluding hydrogens is 396 g/mol. The first kappa shape index (κ1) is 18.6. The minimum atomic E-state index is -0.636. The summed E-state index contributed by atoms with van der Waals surface area (Å²) in [5.74, 6) is 0.0624. The standard InChI is InChI=1S/C24H18N2O3S/c1-29-24(28)20-14-30-23-21(16-10-6-3-7-11-16)17-12-19(15-8-4-2-5-9-15)25-13-18(17)22(27)26(20)23/h2-13,20H,14H2,1H3/t20-/m0/s1. The lowest BCUT2D eigenvalue weighted by molar-refractivity contribution is -0.143. The predicted molar refractivity (Wildman–Crippen MR) is 119 cm³/mol. The Hall–Kier alpha value is -3.38. The maximum atomic E-state index is 13.4. The highest BCUT2D eigenvalue weighted by Gasteiger charge is 2.34. The molecule has 0 saturated heterocycles. The van der Waals surface area contributed by atoms with Crippen molar-refractivity contribution in [2.75, 3.05) is 12.9 Å². The number of fused-ring (bicyclic) bond motifs is 2. The highest BCUT2D eigenvalue weighted by molar-refractivity contribution is 7.99. The van der Waals surface area contributed by atoms with Crippen LogP contribution in [0.3, 0.4) is 0 Å². The van der Waals surface area contributed by atoms with Gasteiger partial charge in [-0.2, -0.15) is 0 Å². The zero-order valence-electron chi connectivity index (χ0n) is 16.2. The van der Waals surface area contributed by atoms with Gasteiger partial charge in [-0.25, -0.2) is 4.79 Å². The van der Waals surface area contributed by atoms with Crippen LogP contribution in [0.5, 0.6) is 0 Å². The number of methoxy groups -OCH3 is 1. The Bertz CT molecular complexity index is 1320. The zero-order chi connectivity index (χ0) is 20.7. The van der Waals surface area contributed by atoms with Gasteiger partial charge in [0.15, 0.2) is 0 Å². The lowest BCUT2D eigenvalue weighted by Crippen LogP contribution is -2.30. The van der Waals surface area contributed by atoms with Gasteiger partial charge in [-0.3, -0.25) is 14.3 Å². The highest BCUT2D eigenvalue weighted by Crippen LogP contribution is 2.43. The first-order valence-electron chi connectivity index (χ1n) is 9.58. The lowest BCUT2D eigenvalue weighted by atomic mass is 9.99. The molecule has 1 atom stereocenters. The third kappa shape index (κ3) is 2.92. The molecule has 0 aliphatic carbocycles. The van der Waals surface area contributed by atoms with Crippen molar-refractivity contribution in [1.29, 1.82) is 0 Å². The SMILES string of the molecule is COC(=O)[C@@H]1CSc2c(-c3ccccc3)c3cc(-c4ccccc4)ncc3c(=O)n21. The Morgan fingerprint density at radius 3 is 2.37 bits per heavy atom. The minimum absolute atomic E-state index is 0.216. The number of aromatic nitrogens is 2. The van der Waals surface area contributed by atoms with Gasteiger partial charge in [-0.05, 0) is 11.6 Å². The fourth-order valence-electron chi connectivity index (χ4n) is 3.91. The van der Waals surface area contributed by atoms with E-state index in [4.69, 9.17) is 4.74 Å². The molecule has 6 heteroatoms. The molecule has 0 fully saturated rings. The molecule has 2 aromatic carbocycles. The van der Waals surface area contributed by atoms with Crippen LogP contribution in [0.4, 0.5) is 0 Å². The number of carbonyl (C=O) groups is 1. The largest absolute Gasteiger partial charge is 0.467 e. The van der Waals surface area contributed by atoms with Crippen LogP contribution in [-0.2, 0) is 9.53 Å². The molecule has 5 rings (SSSR count). The summed E-state index contributed by atoms with van der Waals surface area (Å²) in [4.78, 5) is 30.3.